The molecule has 1 heterocycles. The predicted molar refractivity (Wildman–Crippen MR) is 132 cm³/mol. The molecule has 2 aromatic carbocycles. The number of carbonyl (C=O) groups excluding carboxylic acids is 2. The molecular weight excluding hydrogens is 428 g/mol. The van der Waals surface area contributed by atoms with Gasteiger partial charge in [0.1, 0.15) is 19.3 Å². The van der Waals surface area contributed by atoms with Crippen molar-refractivity contribution in [1.82, 2.24) is 10.2 Å². The average Bonchev–Trinajstić information content (AvgIpc) is 2.88. The highest BCUT2D eigenvalue weighted by Gasteiger charge is 2.27. The first-order valence-electron chi connectivity index (χ1n) is 12.6. The molecule has 34 heavy (non-hydrogen) atoms. The number of ether oxygens (including phenoxy) is 2. The number of nitrogens with zero attached hydrogens (tertiary/aromatic N) is 1. The molecule has 6 nitrogen and oxygen atoms in total. The minimum Gasteiger partial charge on any atom is -0.486 e. The highest BCUT2D eigenvalue weighted by atomic mass is 16.6. The Morgan fingerprint density at radius 2 is 1.68 bits per heavy atom. The molecule has 2 aromatic rings. The topological polar surface area (TPSA) is 67.9 Å². The monoisotopic (exact) mass is 464 g/mol. The van der Waals surface area contributed by atoms with E-state index in [1.165, 1.54) is 6.42 Å². The van der Waals surface area contributed by atoms with Gasteiger partial charge in [0.05, 0.1) is 0 Å². The Bertz CT molecular complexity index is 956. The lowest BCUT2D eigenvalue weighted by molar-refractivity contribution is -0.140. The van der Waals surface area contributed by atoms with Crippen LogP contribution in [0.4, 0.5) is 0 Å². The number of carbonyl (C=O) groups is 2. The van der Waals surface area contributed by atoms with Crippen LogP contribution in [0.1, 0.15) is 56.6 Å². The molecule has 0 spiro atoms. The van der Waals surface area contributed by atoms with Crippen LogP contribution >= 0.6 is 0 Å². The van der Waals surface area contributed by atoms with E-state index in [1.807, 2.05) is 43.3 Å². The normalized spacial score (nSPS) is 16.5. The molecule has 1 N–H and O–H groups in total. The molecule has 1 saturated carbocycles. The van der Waals surface area contributed by atoms with Crippen LogP contribution < -0.4 is 14.8 Å². The minimum atomic E-state index is -0.501. The van der Waals surface area contributed by atoms with Crippen molar-refractivity contribution in [3.8, 4) is 11.5 Å². The summed E-state index contributed by atoms with van der Waals surface area (Å²) in [7, 11) is 0. The summed E-state index contributed by atoms with van der Waals surface area (Å²) in [5.74, 6) is 1.43. The zero-order chi connectivity index (χ0) is 23.8. The molecule has 1 atom stereocenters. The van der Waals surface area contributed by atoms with Crippen molar-refractivity contribution < 1.29 is 19.1 Å². The van der Waals surface area contributed by atoms with Crippen molar-refractivity contribution >= 4 is 11.8 Å². The summed E-state index contributed by atoms with van der Waals surface area (Å²) in [5, 5.41) is 3.20. The summed E-state index contributed by atoms with van der Waals surface area (Å²) in [6, 6.07) is 15.7. The molecule has 0 unspecified atom stereocenters. The van der Waals surface area contributed by atoms with Crippen LogP contribution in [0.3, 0.4) is 0 Å². The van der Waals surface area contributed by atoms with Gasteiger partial charge >= 0.3 is 0 Å². The van der Waals surface area contributed by atoms with Crippen molar-refractivity contribution in [2.75, 3.05) is 19.8 Å². The first-order chi connectivity index (χ1) is 16.6. The average molecular weight is 465 g/mol. The van der Waals surface area contributed by atoms with Crippen LogP contribution in [0.5, 0.6) is 11.5 Å². The van der Waals surface area contributed by atoms with Crippen molar-refractivity contribution in [2.45, 2.75) is 70.4 Å². The third-order valence-electron chi connectivity index (χ3n) is 6.84. The van der Waals surface area contributed by atoms with Crippen molar-refractivity contribution in [3.05, 3.63) is 59.7 Å². The van der Waals surface area contributed by atoms with Crippen LogP contribution in [-0.4, -0.2) is 48.6 Å². The molecule has 0 aromatic heterocycles. The number of amides is 2. The van der Waals surface area contributed by atoms with Gasteiger partial charge in [-0.15, -0.1) is 0 Å². The van der Waals surface area contributed by atoms with Crippen molar-refractivity contribution in [1.29, 1.82) is 0 Å². The number of hydrogen-bond donors (Lipinski definition) is 1. The van der Waals surface area contributed by atoms with Gasteiger partial charge in [-0.3, -0.25) is 9.59 Å². The molecule has 1 aliphatic heterocycles. The van der Waals surface area contributed by atoms with Crippen LogP contribution in [0.15, 0.2) is 48.5 Å². The second kappa shape index (κ2) is 11.9. The van der Waals surface area contributed by atoms with Gasteiger partial charge in [-0.2, -0.15) is 0 Å². The number of nitrogens with one attached hydrogen (secondary N) is 1. The van der Waals surface area contributed by atoms with Gasteiger partial charge in [0.2, 0.25) is 11.8 Å². The van der Waals surface area contributed by atoms with Gasteiger partial charge in [0, 0.05) is 19.0 Å². The largest absolute Gasteiger partial charge is 0.486 e. The summed E-state index contributed by atoms with van der Waals surface area (Å²) >= 11 is 0. The molecule has 182 valence electrons. The smallest absolute Gasteiger partial charge is 0.242 e. The number of fused-ring (bicyclic) bond motifs is 1. The van der Waals surface area contributed by atoms with Gasteiger partial charge in [-0.05, 0) is 55.9 Å². The number of rotatable bonds is 9. The fraction of sp³-hybridized carbons (Fsp3) is 0.500. The first-order valence-corrected chi connectivity index (χ1v) is 12.6. The third kappa shape index (κ3) is 6.52. The zero-order valence-corrected chi connectivity index (χ0v) is 20.1. The lowest BCUT2D eigenvalue weighted by atomic mass is 9.95. The van der Waals surface area contributed by atoms with E-state index in [9.17, 15) is 9.59 Å². The maximum Gasteiger partial charge on any atom is 0.242 e. The molecule has 2 aliphatic rings. The van der Waals surface area contributed by atoms with Gasteiger partial charge in [0.25, 0.3) is 0 Å². The van der Waals surface area contributed by atoms with Crippen LogP contribution in [0, 0.1) is 0 Å². The Kier molecular flexibility index (Phi) is 8.45. The van der Waals surface area contributed by atoms with E-state index in [2.05, 4.69) is 17.4 Å². The van der Waals surface area contributed by atoms with E-state index in [0.717, 1.165) is 54.7 Å². The highest BCUT2D eigenvalue weighted by Crippen LogP contribution is 2.31. The van der Waals surface area contributed by atoms with Gasteiger partial charge in [0.15, 0.2) is 11.5 Å². The summed E-state index contributed by atoms with van der Waals surface area (Å²) < 4.78 is 11.3. The molecule has 4 rings (SSSR count). The van der Waals surface area contributed by atoms with E-state index in [0.29, 0.717) is 32.6 Å². The Balaban J connectivity index is 1.40. The summed E-state index contributed by atoms with van der Waals surface area (Å²) in [4.78, 5) is 28.2. The van der Waals surface area contributed by atoms with E-state index in [-0.39, 0.29) is 17.9 Å². The molecule has 0 bridgehead atoms. The minimum absolute atomic E-state index is 0.00267. The Hall–Kier alpha value is -3.02. The second-order valence-corrected chi connectivity index (χ2v) is 9.32. The highest BCUT2D eigenvalue weighted by molar-refractivity contribution is 5.87. The van der Waals surface area contributed by atoms with Crippen LogP contribution in [0.25, 0.3) is 0 Å². The fourth-order valence-electron chi connectivity index (χ4n) is 4.78. The summed E-state index contributed by atoms with van der Waals surface area (Å²) in [6.07, 6.45) is 7.27. The van der Waals surface area contributed by atoms with Crippen molar-refractivity contribution in [2.24, 2.45) is 0 Å². The number of aryl methyl sites for hydroxylation is 1. The maximum absolute atomic E-state index is 13.4. The number of benzene rings is 2. The molecule has 1 fully saturated rings. The quantitative estimate of drug-likeness (QED) is 0.601. The van der Waals surface area contributed by atoms with Crippen molar-refractivity contribution in [3.63, 3.8) is 0 Å². The predicted octanol–water partition coefficient (Wildman–Crippen LogP) is 4.30. The number of hydrogen-bond acceptors (Lipinski definition) is 4. The lowest BCUT2D eigenvalue weighted by Gasteiger charge is -2.31. The first kappa shape index (κ1) is 24.1. The van der Waals surface area contributed by atoms with E-state index >= 15 is 0 Å². The molecule has 0 radical (unpaired) electrons. The molecule has 6 heteroatoms. The molecular formula is C28H36N2O4. The molecule has 0 saturated heterocycles. The van der Waals surface area contributed by atoms with Gasteiger partial charge < -0.3 is 19.7 Å². The third-order valence-corrected chi connectivity index (χ3v) is 6.84. The summed E-state index contributed by atoms with van der Waals surface area (Å²) in [6.45, 7) is 3.46. The standard InChI is InChI=1S/C28H36N2O4/c1-21(28(32)29-24-10-6-3-7-11-24)30(17-16-22-8-4-2-5-9-22)27(31)15-13-23-12-14-25-26(20-23)34-19-18-33-25/h2,4-5,8-9,12,14,20-21,24H,3,6-7,10-11,13,15-19H2,1H3,(H,29,32)/t21-/m0/s1. The Labute approximate surface area is 202 Å². The fourth-order valence-corrected chi connectivity index (χ4v) is 4.78. The Morgan fingerprint density at radius 3 is 2.44 bits per heavy atom. The van der Waals surface area contributed by atoms with Crippen LogP contribution in [0.2, 0.25) is 0 Å². The zero-order valence-electron chi connectivity index (χ0n) is 20.1. The SMILES string of the molecule is C[C@@H](C(=O)NC1CCCCC1)N(CCc1ccccc1)C(=O)CCc1ccc2c(c1)OCCO2. The maximum atomic E-state index is 13.4. The summed E-state index contributed by atoms with van der Waals surface area (Å²) in [5.41, 5.74) is 2.19. The van der Waals surface area contributed by atoms with E-state index < -0.39 is 6.04 Å². The Morgan fingerprint density at radius 1 is 0.941 bits per heavy atom. The van der Waals surface area contributed by atoms with E-state index in [4.69, 9.17) is 9.47 Å². The lowest BCUT2D eigenvalue weighted by Crippen LogP contribution is -2.51. The second-order valence-electron chi connectivity index (χ2n) is 9.32. The van der Waals surface area contributed by atoms with E-state index in [1.54, 1.807) is 4.90 Å². The van der Waals surface area contributed by atoms with Crippen LogP contribution in [-0.2, 0) is 22.4 Å². The molecule has 1 aliphatic carbocycles. The van der Waals surface area contributed by atoms with Gasteiger partial charge in [-0.25, -0.2) is 0 Å². The van der Waals surface area contributed by atoms with Gasteiger partial charge in [-0.1, -0.05) is 55.7 Å². The molecule has 2 amide bonds.